The Morgan fingerprint density at radius 1 is 0.371 bits per heavy atom. The third-order valence-electron chi connectivity index (χ3n) is 4.31. The van der Waals surface area contributed by atoms with Crippen molar-refractivity contribution in [2.75, 3.05) is 118 Å². The average Bonchev–Trinajstić information content (AvgIpc) is 2.89. The molecule has 0 saturated carbocycles. The summed E-state index contributed by atoms with van der Waals surface area (Å²) in [5, 5.41) is 0.842. The van der Waals surface area contributed by atoms with E-state index in [9.17, 15) is 0 Å². The van der Waals surface area contributed by atoms with E-state index in [2.05, 4.69) is 15.9 Å². The molecule has 1 rings (SSSR count). The predicted octanol–water partition coefficient (Wildman–Crippen LogP) is 2.73. The monoisotopic (exact) mass is 566 g/mol. The van der Waals surface area contributed by atoms with Crippen LogP contribution in [-0.2, 0) is 49.2 Å². The predicted molar refractivity (Wildman–Crippen MR) is 136 cm³/mol. The van der Waals surface area contributed by atoms with Gasteiger partial charge in [-0.25, -0.2) is 0 Å². The fourth-order valence-electron chi connectivity index (χ4n) is 2.58. The Morgan fingerprint density at radius 3 is 0.971 bits per heavy atom. The van der Waals surface area contributed by atoms with Crippen molar-refractivity contribution in [2.45, 2.75) is 6.61 Å². The first-order valence-electron chi connectivity index (χ1n) is 12.2. The van der Waals surface area contributed by atoms with E-state index < -0.39 is 0 Å². The molecular weight excluding hydrogens is 524 g/mol. The van der Waals surface area contributed by atoms with E-state index in [0.29, 0.717) is 119 Å². The summed E-state index contributed by atoms with van der Waals surface area (Å²) in [6.07, 6.45) is 0. The molecule has 9 nitrogen and oxygen atoms in total. The zero-order valence-electron chi connectivity index (χ0n) is 20.9. The number of halogens is 1. The van der Waals surface area contributed by atoms with Crippen LogP contribution >= 0.6 is 15.9 Å². The maximum Gasteiger partial charge on any atom is 0.0718 e. The van der Waals surface area contributed by atoms with E-state index >= 15 is 0 Å². The van der Waals surface area contributed by atoms with Gasteiger partial charge in [0.15, 0.2) is 0 Å². The molecule has 0 radical (unpaired) electrons. The van der Waals surface area contributed by atoms with Gasteiger partial charge in [-0.1, -0.05) is 46.3 Å². The summed E-state index contributed by atoms with van der Waals surface area (Å²) in [5.41, 5.74) is 1.16. The van der Waals surface area contributed by atoms with Gasteiger partial charge in [0.1, 0.15) is 0 Å². The second-order valence-electron chi connectivity index (χ2n) is 7.13. The van der Waals surface area contributed by atoms with Crippen LogP contribution in [0, 0.1) is 0 Å². The van der Waals surface area contributed by atoms with Crippen molar-refractivity contribution in [3.8, 4) is 0 Å². The molecule has 0 bridgehead atoms. The highest BCUT2D eigenvalue weighted by Gasteiger charge is 1.96. The summed E-state index contributed by atoms with van der Waals surface area (Å²) < 4.78 is 48.9. The number of alkyl halides is 1. The number of rotatable bonds is 28. The van der Waals surface area contributed by atoms with E-state index in [-0.39, 0.29) is 0 Å². The first-order valence-corrected chi connectivity index (χ1v) is 13.3. The summed E-state index contributed by atoms with van der Waals surface area (Å²) in [5.74, 6) is 0. The molecule has 0 aromatic heterocycles. The van der Waals surface area contributed by atoms with Crippen molar-refractivity contribution in [2.24, 2.45) is 0 Å². The SMILES string of the molecule is BrCCOCCOCCOCCOCCOCCOCCOCCOCCOCc1ccccc1. The van der Waals surface area contributed by atoms with Gasteiger partial charge in [0, 0.05) is 5.33 Å². The van der Waals surface area contributed by atoms with Gasteiger partial charge >= 0.3 is 0 Å². The smallest absolute Gasteiger partial charge is 0.0718 e. The summed E-state index contributed by atoms with van der Waals surface area (Å²) in [6.45, 7) is 10.1. The number of hydrogen-bond donors (Lipinski definition) is 0. The first-order chi connectivity index (χ1) is 17.4. The largest absolute Gasteiger partial charge is 0.378 e. The lowest BCUT2D eigenvalue weighted by atomic mass is 10.2. The van der Waals surface area contributed by atoms with Crippen molar-refractivity contribution >= 4 is 15.9 Å². The highest BCUT2D eigenvalue weighted by atomic mass is 79.9. The van der Waals surface area contributed by atoms with Crippen LogP contribution in [0.4, 0.5) is 0 Å². The third-order valence-corrected chi connectivity index (χ3v) is 4.63. The molecule has 0 aliphatic heterocycles. The highest BCUT2D eigenvalue weighted by Crippen LogP contribution is 2.00. The van der Waals surface area contributed by atoms with Gasteiger partial charge in [-0.05, 0) is 5.56 Å². The van der Waals surface area contributed by atoms with Crippen LogP contribution in [0.25, 0.3) is 0 Å². The summed E-state index contributed by atoms with van der Waals surface area (Å²) in [4.78, 5) is 0. The molecule has 0 aliphatic carbocycles. The van der Waals surface area contributed by atoms with Gasteiger partial charge in [0.05, 0.1) is 119 Å². The second kappa shape index (κ2) is 27.9. The molecule has 0 unspecified atom stereocenters. The van der Waals surface area contributed by atoms with E-state index in [4.69, 9.17) is 42.6 Å². The van der Waals surface area contributed by atoms with Gasteiger partial charge < -0.3 is 42.6 Å². The molecule has 1 aromatic carbocycles. The first kappa shape index (κ1) is 32.4. The minimum atomic E-state index is 0.530. The van der Waals surface area contributed by atoms with Gasteiger partial charge in [-0.3, -0.25) is 0 Å². The van der Waals surface area contributed by atoms with Crippen molar-refractivity contribution in [3.05, 3.63) is 35.9 Å². The van der Waals surface area contributed by atoms with Crippen LogP contribution in [0.1, 0.15) is 5.56 Å². The number of ether oxygens (including phenoxy) is 9. The highest BCUT2D eigenvalue weighted by molar-refractivity contribution is 9.09. The lowest BCUT2D eigenvalue weighted by Gasteiger charge is -2.09. The standard InChI is InChI=1S/C25H43BrO9/c26-6-7-27-8-9-28-10-11-29-12-13-30-14-15-31-16-17-32-18-19-33-20-21-34-22-23-35-24-25-4-2-1-3-5-25/h1-5H,6-24H2. The maximum absolute atomic E-state index is 5.55. The lowest BCUT2D eigenvalue weighted by molar-refractivity contribution is -0.0251. The second-order valence-corrected chi connectivity index (χ2v) is 7.92. The minimum absolute atomic E-state index is 0.530. The van der Waals surface area contributed by atoms with Crippen molar-refractivity contribution in [1.29, 1.82) is 0 Å². The fourth-order valence-corrected chi connectivity index (χ4v) is 2.81. The Kier molecular flexibility index (Phi) is 25.8. The van der Waals surface area contributed by atoms with Gasteiger partial charge in [-0.15, -0.1) is 0 Å². The van der Waals surface area contributed by atoms with E-state index in [1.165, 1.54) is 0 Å². The molecule has 0 spiro atoms. The molecule has 0 amide bonds. The summed E-state index contributed by atoms with van der Waals surface area (Å²) in [7, 11) is 0. The molecule has 0 heterocycles. The van der Waals surface area contributed by atoms with Crippen LogP contribution in [0.2, 0.25) is 0 Å². The Morgan fingerprint density at radius 2 is 0.657 bits per heavy atom. The molecule has 0 N–H and O–H groups in total. The van der Waals surface area contributed by atoms with Crippen molar-refractivity contribution in [3.63, 3.8) is 0 Å². The molecule has 1 aromatic rings. The van der Waals surface area contributed by atoms with E-state index in [0.717, 1.165) is 10.9 Å². The molecule has 10 heteroatoms. The summed E-state index contributed by atoms with van der Waals surface area (Å²) >= 11 is 3.30. The van der Waals surface area contributed by atoms with E-state index in [1.807, 2.05) is 30.3 Å². The Hall–Kier alpha value is -0.660. The topological polar surface area (TPSA) is 83.1 Å². The molecule has 0 saturated heterocycles. The lowest BCUT2D eigenvalue weighted by Crippen LogP contribution is -2.15. The zero-order valence-corrected chi connectivity index (χ0v) is 22.5. The van der Waals surface area contributed by atoms with Crippen LogP contribution < -0.4 is 0 Å². The normalized spacial score (nSPS) is 11.3. The van der Waals surface area contributed by atoms with Crippen molar-refractivity contribution < 1.29 is 42.6 Å². The zero-order chi connectivity index (χ0) is 24.9. The average molecular weight is 568 g/mol. The van der Waals surface area contributed by atoms with Crippen molar-refractivity contribution in [1.82, 2.24) is 0 Å². The Bertz CT molecular complexity index is 525. The molecule has 0 aliphatic rings. The van der Waals surface area contributed by atoms with E-state index in [1.54, 1.807) is 0 Å². The van der Waals surface area contributed by atoms with Gasteiger partial charge in [0.25, 0.3) is 0 Å². The number of benzene rings is 1. The van der Waals surface area contributed by atoms with Crippen LogP contribution in [0.5, 0.6) is 0 Å². The Labute approximate surface area is 218 Å². The maximum atomic E-state index is 5.55. The Balaban J connectivity index is 1.63. The quantitative estimate of drug-likeness (QED) is 0.112. The number of hydrogen-bond acceptors (Lipinski definition) is 9. The minimum Gasteiger partial charge on any atom is -0.378 e. The van der Waals surface area contributed by atoms with Gasteiger partial charge in [-0.2, -0.15) is 0 Å². The molecule has 35 heavy (non-hydrogen) atoms. The van der Waals surface area contributed by atoms with Crippen LogP contribution in [0.15, 0.2) is 30.3 Å². The van der Waals surface area contributed by atoms with Crippen LogP contribution in [0.3, 0.4) is 0 Å². The van der Waals surface area contributed by atoms with Gasteiger partial charge in [0.2, 0.25) is 0 Å². The molecular formula is C25H43BrO9. The molecule has 204 valence electrons. The summed E-state index contributed by atoms with van der Waals surface area (Å²) in [6, 6.07) is 10.1. The third kappa shape index (κ3) is 24.8. The molecule has 0 atom stereocenters. The van der Waals surface area contributed by atoms with Crippen LogP contribution in [-0.4, -0.2) is 118 Å². The fraction of sp³-hybridized carbons (Fsp3) is 0.760. The molecule has 0 fully saturated rings.